The first-order valence-electron chi connectivity index (χ1n) is 5.31. The van der Waals surface area contributed by atoms with E-state index in [1.54, 1.807) is 12.3 Å². The highest BCUT2D eigenvalue weighted by Gasteiger charge is 2.10. The largest absolute Gasteiger partial charge is 0.346 e. The van der Waals surface area contributed by atoms with Crippen LogP contribution < -0.4 is 11.1 Å². The molecule has 18 heavy (non-hydrogen) atoms. The van der Waals surface area contributed by atoms with Gasteiger partial charge in [0.2, 0.25) is 0 Å². The second-order valence-electron chi connectivity index (χ2n) is 3.54. The lowest BCUT2D eigenvalue weighted by atomic mass is 10.4. The van der Waals surface area contributed by atoms with E-state index in [0.717, 1.165) is 4.88 Å². The highest BCUT2D eigenvalue weighted by atomic mass is 35.5. The molecule has 1 amide bonds. The van der Waals surface area contributed by atoms with Crippen LogP contribution in [0.2, 0.25) is 4.34 Å². The molecule has 0 bridgehead atoms. The van der Waals surface area contributed by atoms with Gasteiger partial charge in [0.25, 0.3) is 5.91 Å². The number of carbonyl (C=O) groups is 1. The molecular weight excluding hydrogens is 274 g/mol. The zero-order chi connectivity index (χ0) is 13.0. The summed E-state index contributed by atoms with van der Waals surface area (Å²) >= 11 is 7.23. The van der Waals surface area contributed by atoms with Gasteiger partial charge in [-0.3, -0.25) is 9.48 Å². The standard InChI is InChI=1S/C10H12ClN5OS/c11-9-2-1-7(18-9)5-13-10(17)8-6-16(4-3-12)15-14-8/h1-2,6H,3-5,12H2,(H,13,17). The van der Waals surface area contributed by atoms with Gasteiger partial charge in [-0.1, -0.05) is 16.8 Å². The van der Waals surface area contributed by atoms with E-state index in [-0.39, 0.29) is 11.6 Å². The summed E-state index contributed by atoms with van der Waals surface area (Å²) in [6.45, 7) is 1.43. The maximum absolute atomic E-state index is 11.8. The molecule has 96 valence electrons. The van der Waals surface area contributed by atoms with Crippen LogP contribution in [0.15, 0.2) is 18.3 Å². The molecule has 0 atom stereocenters. The molecule has 0 saturated heterocycles. The predicted molar refractivity (Wildman–Crippen MR) is 69.6 cm³/mol. The fraction of sp³-hybridized carbons (Fsp3) is 0.300. The van der Waals surface area contributed by atoms with Gasteiger partial charge in [0, 0.05) is 11.4 Å². The van der Waals surface area contributed by atoms with E-state index in [0.29, 0.717) is 24.0 Å². The van der Waals surface area contributed by atoms with Crippen molar-refractivity contribution in [1.29, 1.82) is 0 Å². The molecule has 8 heteroatoms. The van der Waals surface area contributed by atoms with E-state index in [1.807, 2.05) is 6.07 Å². The summed E-state index contributed by atoms with van der Waals surface area (Å²) in [5.74, 6) is -0.261. The Balaban J connectivity index is 1.90. The topological polar surface area (TPSA) is 85.8 Å². The van der Waals surface area contributed by atoms with Gasteiger partial charge in [-0.05, 0) is 12.1 Å². The average Bonchev–Trinajstić information content (AvgIpc) is 2.96. The highest BCUT2D eigenvalue weighted by Crippen LogP contribution is 2.20. The van der Waals surface area contributed by atoms with Gasteiger partial charge in [0.1, 0.15) is 0 Å². The minimum atomic E-state index is -0.261. The van der Waals surface area contributed by atoms with Crippen molar-refractivity contribution in [2.75, 3.05) is 6.54 Å². The van der Waals surface area contributed by atoms with Crippen molar-refractivity contribution >= 4 is 28.8 Å². The van der Waals surface area contributed by atoms with Crippen LogP contribution in [0.1, 0.15) is 15.4 Å². The summed E-state index contributed by atoms with van der Waals surface area (Å²) in [7, 11) is 0. The number of aromatic nitrogens is 3. The van der Waals surface area contributed by atoms with Crippen molar-refractivity contribution in [2.24, 2.45) is 5.73 Å². The highest BCUT2D eigenvalue weighted by molar-refractivity contribution is 7.16. The minimum Gasteiger partial charge on any atom is -0.346 e. The number of thiophene rings is 1. The number of amides is 1. The number of halogens is 1. The van der Waals surface area contributed by atoms with Crippen molar-refractivity contribution in [3.05, 3.63) is 33.2 Å². The summed E-state index contributed by atoms with van der Waals surface area (Å²) < 4.78 is 2.24. The van der Waals surface area contributed by atoms with E-state index in [9.17, 15) is 4.79 Å². The normalized spacial score (nSPS) is 10.6. The van der Waals surface area contributed by atoms with Gasteiger partial charge in [-0.25, -0.2) is 0 Å². The Labute approximate surface area is 113 Å². The van der Waals surface area contributed by atoms with E-state index < -0.39 is 0 Å². The molecule has 6 nitrogen and oxygen atoms in total. The number of nitrogens with zero attached hydrogens (tertiary/aromatic N) is 3. The molecule has 0 fully saturated rings. The van der Waals surface area contributed by atoms with Crippen LogP contribution in [0.25, 0.3) is 0 Å². The summed E-state index contributed by atoms with van der Waals surface area (Å²) in [5.41, 5.74) is 5.67. The van der Waals surface area contributed by atoms with E-state index in [1.165, 1.54) is 16.0 Å². The van der Waals surface area contributed by atoms with Crippen LogP contribution in [-0.4, -0.2) is 27.4 Å². The van der Waals surface area contributed by atoms with Crippen LogP contribution in [0.3, 0.4) is 0 Å². The van der Waals surface area contributed by atoms with Crippen molar-refractivity contribution < 1.29 is 4.79 Å². The van der Waals surface area contributed by atoms with Crippen LogP contribution in [0.4, 0.5) is 0 Å². The zero-order valence-electron chi connectivity index (χ0n) is 9.47. The molecule has 0 aliphatic rings. The van der Waals surface area contributed by atoms with Crippen molar-refractivity contribution in [2.45, 2.75) is 13.1 Å². The Morgan fingerprint density at radius 1 is 1.56 bits per heavy atom. The fourth-order valence-electron chi connectivity index (χ4n) is 1.35. The van der Waals surface area contributed by atoms with Gasteiger partial charge in [0.15, 0.2) is 5.69 Å². The molecule has 2 heterocycles. The number of nitrogens with one attached hydrogen (secondary N) is 1. The molecule has 2 rings (SSSR count). The third-order valence-corrected chi connectivity index (χ3v) is 3.41. The van der Waals surface area contributed by atoms with Gasteiger partial charge in [0.05, 0.1) is 23.6 Å². The molecule has 0 aliphatic heterocycles. The van der Waals surface area contributed by atoms with Crippen LogP contribution >= 0.6 is 22.9 Å². The van der Waals surface area contributed by atoms with Crippen molar-refractivity contribution in [1.82, 2.24) is 20.3 Å². The molecule has 0 aliphatic carbocycles. The molecule has 0 aromatic carbocycles. The number of nitrogens with two attached hydrogens (primary N) is 1. The zero-order valence-corrected chi connectivity index (χ0v) is 11.0. The summed E-state index contributed by atoms with van der Waals surface area (Å²) in [6.07, 6.45) is 1.57. The lowest BCUT2D eigenvalue weighted by Crippen LogP contribution is -2.22. The number of hydrogen-bond acceptors (Lipinski definition) is 5. The molecular formula is C10H12ClN5OS. The summed E-state index contributed by atoms with van der Waals surface area (Å²) in [4.78, 5) is 12.7. The third kappa shape index (κ3) is 3.28. The molecule has 3 N–H and O–H groups in total. The Bertz CT molecular complexity index is 538. The monoisotopic (exact) mass is 285 g/mol. The number of hydrogen-bond donors (Lipinski definition) is 2. The first kappa shape index (κ1) is 13.0. The first-order valence-corrected chi connectivity index (χ1v) is 6.51. The summed E-state index contributed by atoms with van der Waals surface area (Å²) in [5, 5.41) is 10.3. The van der Waals surface area contributed by atoms with Gasteiger partial charge >= 0.3 is 0 Å². The van der Waals surface area contributed by atoms with E-state index >= 15 is 0 Å². The van der Waals surface area contributed by atoms with Crippen LogP contribution in [0, 0.1) is 0 Å². The molecule has 0 radical (unpaired) electrons. The van der Waals surface area contributed by atoms with Gasteiger partial charge in [-0.15, -0.1) is 16.4 Å². The Morgan fingerprint density at radius 2 is 2.39 bits per heavy atom. The van der Waals surface area contributed by atoms with E-state index in [2.05, 4.69) is 15.6 Å². The lowest BCUT2D eigenvalue weighted by molar-refractivity contribution is 0.0946. The van der Waals surface area contributed by atoms with Crippen molar-refractivity contribution in [3.8, 4) is 0 Å². The van der Waals surface area contributed by atoms with E-state index in [4.69, 9.17) is 17.3 Å². The van der Waals surface area contributed by atoms with Gasteiger partial charge in [-0.2, -0.15) is 0 Å². The maximum atomic E-state index is 11.8. The first-order chi connectivity index (χ1) is 8.69. The fourth-order valence-corrected chi connectivity index (χ4v) is 2.38. The molecule has 0 unspecified atom stereocenters. The maximum Gasteiger partial charge on any atom is 0.273 e. The third-order valence-electron chi connectivity index (χ3n) is 2.18. The average molecular weight is 286 g/mol. The molecule has 0 saturated carbocycles. The quantitative estimate of drug-likeness (QED) is 0.854. The predicted octanol–water partition coefficient (Wildman–Crippen LogP) is 0.882. The Hall–Kier alpha value is -1.44. The Morgan fingerprint density at radius 3 is 3.06 bits per heavy atom. The van der Waals surface area contributed by atoms with Gasteiger partial charge < -0.3 is 11.1 Å². The van der Waals surface area contributed by atoms with Crippen molar-refractivity contribution in [3.63, 3.8) is 0 Å². The second kappa shape index (κ2) is 5.94. The molecule has 0 spiro atoms. The number of rotatable bonds is 5. The van der Waals surface area contributed by atoms with Crippen LogP contribution in [0.5, 0.6) is 0 Å². The van der Waals surface area contributed by atoms with Crippen LogP contribution in [-0.2, 0) is 13.1 Å². The second-order valence-corrected chi connectivity index (χ2v) is 5.34. The number of carbonyl (C=O) groups excluding carboxylic acids is 1. The SMILES string of the molecule is NCCn1cc(C(=O)NCc2ccc(Cl)s2)nn1. The molecule has 2 aromatic heterocycles. The summed E-state index contributed by atoms with van der Waals surface area (Å²) in [6, 6.07) is 3.67. The Kier molecular flexibility index (Phi) is 4.29. The minimum absolute atomic E-state index is 0.261. The smallest absolute Gasteiger partial charge is 0.273 e. The molecule has 2 aromatic rings. The lowest BCUT2D eigenvalue weighted by Gasteiger charge is -1.99.